The second kappa shape index (κ2) is 8.91. The maximum atomic E-state index is 12.7. The third kappa shape index (κ3) is 4.53. The van der Waals surface area contributed by atoms with E-state index in [0.29, 0.717) is 18.8 Å². The highest BCUT2D eigenvalue weighted by Crippen LogP contribution is 2.30. The van der Waals surface area contributed by atoms with Crippen molar-refractivity contribution in [2.24, 2.45) is 5.92 Å². The molecule has 148 valence electrons. The molecular weight excluding hydrogens is 352 g/mol. The van der Waals surface area contributed by atoms with Crippen molar-refractivity contribution in [1.29, 1.82) is 0 Å². The molecule has 0 bridgehead atoms. The number of rotatable bonds is 7. The Labute approximate surface area is 166 Å². The summed E-state index contributed by atoms with van der Waals surface area (Å²) in [5.74, 6) is 0.311. The summed E-state index contributed by atoms with van der Waals surface area (Å²) in [5, 5.41) is 2.92. The molecule has 1 atom stereocenters. The number of hydrogen-bond acceptors (Lipinski definition) is 3. The van der Waals surface area contributed by atoms with Gasteiger partial charge in [0.1, 0.15) is 5.75 Å². The van der Waals surface area contributed by atoms with Crippen LogP contribution in [-0.2, 0) is 9.59 Å². The predicted molar refractivity (Wildman–Crippen MR) is 112 cm³/mol. The Hall–Kier alpha value is -2.82. The second-order valence-electron chi connectivity index (χ2n) is 7.34. The molecule has 0 aliphatic carbocycles. The Kier molecular flexibility index (Phi) is 6.34. The fourth-order valence-electron chi connectivity index (χ4n) is 3.36. The number of amides is 2. The van der Waals surface area contributed by atoms with Crippen molar-refractivity contribution in [2.75, 3.05) is 23.4 Å². The van der Waals surface area contributed by atoms with Gasteiger partial charge < -0.3 is 15.0 Å². The van der Waals surface area contributed by atoms with Crippen molar-refractivity contribution < 1.29 is 14.3 Å². The second-order valence-corrected chi connectivity index (χ2v) is 7.34. The zero-order valence-corrected chi connectivity index (χ0v) is 16.8. The third-order valence-electron chi connectivity index (χ3n) is 5.25. The maximum absolute atomic E-state index is 12.7. The monoisotopic (exact) mass is 380 g/mol. The van der Waals surface area contributed by atoms with Crippen LogP contribution in [0.25, 0.3) is 0 Å². The van der Waals surface area contributed by atoms with Crippen LogP contribution in [0.1, 0.15) is 37.3 Å². The first kappa shape index (κ1) is 19.9. The molecule has 1 aliphatic heterocycles. The number of ether oxygens (including phenoxy) is 1. The van der Waals surface area contributed by atoms with E-state index < -0.39 is 0 Å². The smallest absolute Gasteiger partial charge is 0.229 e. The average Bonchev–Trinajstić information content (AvgIpc) is 3.07. The molecule has 1 unspecified atom stereocenters. The van der Waals surface area contributed by atoms with E-state index >= 15 is 0 Å². The van der Waals surface area contributed by atoms with E-state index in [1.807, 2.05) is 56.3 Å². The van der Waals surface area contributed by atoms with Crippen LogP contribution in [0, 0.1) is 19.8 Å². The van der Waals surface area contributed by atoms with Crippen LogP contribution in [0.3, 0.4) is 0 Å². The molecule has 1 saturated heterocycles. The number of nitrogens with one attached hydrogen (secondary N) is 1. The first-order valence-corrected chi connectivity index (χ1v) is 9.90. The van der Waals surface area contributed by atoms with Crippen molar-refractivity contribution in [1.82, 2.24) is 0 Å². The molecule has 5 nitrogen and oxygen atoms in total. The number of carbonyl (C=O) groups is 2. The largest absolute Gasteiger partial charge is 0.494 e. The summed E-state index contributed by atoms with van der Waals surface area (Å²) in [5.41, 5.74) is 3.83. The minimum Gasteiger partial charge on any atom is -0.494 e. The lowest BCUT2D eigenvalue weighted by Gasteiger charge is -2.20. The normalized spacial score (nSPS) is 16.3. The lowest BCUT2D eigenvalue weighted by Crippen LogP contribution is -2.28. The van der Waals surface area contributed by atoms with Gasteiger partial charge in [-0.05, 0) is 61.7 Å². The molecule has 1 fully saturated rings. The number of carbonyl (C=O) groups excluding carboxylic acids is 2. The molecule has 2 aromatic rings. The van der Waals surface area contributed by atoms with Gasteiger partial charge in [0.15, 0.2) is 0 Å². The quantitative estimate of drug-likeness (QED) is 0.721. The Morgan fingerprint density at radius 3 is 2.64 bits per heavy atom. The SMILES string of the molecule is CCCCOc1ccc(NC(=O)C2CC(=O)N(c3cccc(C)c3C)C2)cc1. The van der Waals surface area contributed by atoms with Crippen molar-refractivity contribution >= 4 is 23.2 Å². The minimum absolute atomic E-state index is 0.00600. The molecule has 1 heterocycles. The Morgan fingerprint density at radius 1 is 1.18 bits per heavy atom. The number of anilines is 2. The van der Waals surface area contributed by atoms with Gasteiger partial charge in [-0.15, -0.1) is 0 Å². The predicted octanol–water partition coefficient (Wildman–Crippen LogP) is 4.47. The molecule has 3 rings (SSSR count). The molecule has 0 aromatic heterocycles. The lowest BCUT2D eigenvalue weighted by molar-refractivity contribution is -0.122. The van der Waals surface area contributed by atoms with Gasteiger partial charge in [-0.2, -0.15) is 0 Å². The first-order chi connectivity index (χ1) is 13.5. The van der Waals surface area contributed by atoms with E-state index in [9.17, 15) is 9.59 Å². The highest BCUT2D eigenvalue weighted by atomic mass is 16.5. The van der Waals surface area contributed by atoms with Crippen molar-refractivity contribution in [3.05, 3.63) is 53.6 Å². The number of nitrogens with zero attached hydrogens (tertiary/aromatic N) is 1. The minimum atomic E-state index is -0.354. The van der Waals surface area contributed by atoms with Gasteiger partial charge >= 0.3 is 0 Å². The summed E-state index contributed by atoms with van der Waals surface area (Å²) in [4.78, 5) is 26.9. The van der Waals surface area contributed by atoms with Crippen LogP contribution in [0.5, 0.6) is 5.75 Å². The summed E-state index contributed by atoms with van der Waals surface area (Å²) in [7, 11) is 0. The molecule has 0 spiro atoms. The van der Waals surface area contributed by atoms with E-state index in [0.717, 1.165) is 35.4 Å². The van der Waals surface area contributed by atoms with Gasteiger partial charge in [0.25, 0.3) is 0 Å². The van der Waals surface area contributed by atoms with Crippen LogP contribution in [0.2, 0.25) is 0 Å². The maximum Gasteiger partial charge on any atom is 0.229 e. The number of benzene rings is 2. The van der Waals surface area contributed by atoms with E-state index in [-0.39, 0.29) is 24.2 Å². The third-order valence-corrected chi connectivity index (χ3v) is 5.25. The van der Waals surface area contributed by atoms with E-state index in [1.165, 1.54) is 0 Å². The molecule has 0 radical (unpaired) electrons. The zero-order valence-electron chi connectivity index (χ0n) is 16.8. The van der Waals surface area contributed by atoms with Crippen LogP contribution in [-0.4, -0.2) is 25.0 Å². The fraction of sp³-hybridized carbons (Fsp3) is 0.391. The summed E-state index contributed by atoms with van der Waals surface area (Å²) in [6, 6.07) is 13.3. The van der Waals surface area contributed by atoms with Gasteiger partial charge in [0, 0.05) is 24.3 Å². The fourth-order valence-corrected chi connectivity index (χ4v) is 3.36. The van der Waals surface area contributed by atoms with Crippen molar-refractivity contribution in [3.8, 4) is 5.75 Å². The van der Waals surface area contributed by atoms with Crippen LogP contribution in [0.15, 0.2) is 42.5 Å². The Bertz CT molecular complexity index is 845. The van der Waals surface area contributed by atoms with Crippen LogP contribution >= 0.6 is 0 Å². The topological polar surface area (TPSA) is 58.6 Å². The van der Waals surface area contributed by atoms with E-state index in [2.05, 4.69) is 12.2 Å². The summed E-state index contributed by atoms with van der Waals surface area (Å²) in [6.45, 7) is 7.26. The summed E-state index contributed by atoms with van der Waals surface area (Å²) in [6.07, 6.45) is 2.34. The van der Waals surface area contributed by atoms with Gasteiger partial charge in [0.2, 0.25) is 11.8 Å². The molecule has 0 saturated carbocycles. The van der Waals surface area contributed by atoms with E-state index in [1.54, 1.807) is 4.90 Å². The van der Waals surface area contributed by atoms with Gasteiger partial charge in [-0.3, -0.25) is 9.59 Å². The highest BCUT2D eigenvalue weighted by Gasteiger charge is 2.35. The molecule has 5 heteroatoms. The number of aryl methyl sites for hydroxylation is 1. The van der Waals surface area contributed by atoms with Crippen molar-refractivity contribution in [3.63, 3.8) is 0 Å². The summed E-state index contributed by atoms with van der Waals surface area (Å²) >= 11 is 0. The zero-order chi connectivity index (χ0) is 20.1. The average molecular weight is 380 g/mol. The standard InChI is InChI=1S/C23H28N2O3/c1-4-5-13-28-20-11-9-19(10-12-20)24-23(27)18-14-22(26)25(15-18)21-8-6-7-16(2)17(21)3/h6-12,18H,4-5,13-15H2,1-3H3,(H,24,27). The van der Waals surface area contributed by atoms with Gasteiger partial charge in [-0.25, -0.2) is 0 Å². The van der Waals surface area contributed by atoms with Gasteiger partial charge in [-0.1, -0.05) is 25.5 Å². The molecule has 2 amide bonds. The van der Waals surface area contributed by atoms with Crippen LogP contribution in [0.4, 0.5) is 11.4 Å². The van der Waals surface area contributed by atoms with Crippen molar-refractivity contribution in [2.45, 2.75) is 40.0 Å². The Balaban J connectivity index is 1.61. The molecular formula is C23H28N2O3. The Morgan fingerprint density at radius 2 is 1.93 bits per heavy atom. The van der Waals surface area contributed by atoms with Crippen LogP contribution < -0.4 is 15.0 Å². The summed E-state index contributed by atoms with van der Waals surface area (Å²) < 4.78 is 5.64. The van der Waals surface area contributed by atoms with E-state index in [4.69, 9.17) is 4.74 Å². The highest BCUT2D eigenvalue weighted by molar-refractivity contribution is 6.03. The van der Waals surface area contributed by atoms with Gasteiger partial charge in [0.05, 0.1) is 12.5 Å². The molecule has 2 aromatic carbocycles. The molecule has 1 aliphatic rings. The first-order valence-electron chi connectivity index (χ1n) is 9.90. The molecule has 1 N–H and O–H groups in total. The lowest BCUT2D eigenvalue weighted by atomic mass is 10.1. The number of unbranched alkanes of at least 4 members (excludes halogenated alkanes) is 1. The molecule has 28 heavy (non-hydrogen) atoms. The number of hydrogen-bond donors (Lipinski definition) is 1.